The zero-order valence-corrected chi connectivity index (χ0v) is 15.6. The van der Waals surface area contributed by atoms with Gasteiger partial charge in [0.15, 0.2) is 0 Å². The number of hydrogen-bond donors (Lipinski definition) is 1. The average molecular weight is 354 g/mol. The van der Waals surface area contributed by atoms with E-state index in [1.54, 1.807) is 0 Å². The summed E-state index contributed by atoms with van der Waals surface area (Å²) in [4.78, 5) is 15.3. The Balaban J connectivity index is 1.23. The molecule has 0 radical (unpaired) electrons. The first-order valence-electron chi connectivity index (χ1n) is 10.4. The molecule has 4 heteroatoms. The third kappa shape index (κ3) is 3.29. The Kier molecular flexibility index (Phi) is 4.29. The molecule has 0 unspecified atom stereocenters. The highest BCUT2D eigenvalue weighted by Crippen LogP contribution is 2.55. The molecule has 1 amide bonds. The number of ether oxygens (including phenoxy) is 1. The molecule has 4 aliphatic carbocycles. The SMILES string of the molecule is O=C(NC12CC3CC(CC(C3)C1)C2)c1ccc(CN2CCOCC2)cc1. The van der Waals surface area contributed by atoms with Crippen LogP contribution in [0.2, 0.25) is 0 Å². The molecule has 0 aromatic heterocycles. The summed E-state index contributed by atoms with van der Waals surface area (Å²) in [5, 5.41) is 3.48. The molecule has 1 heterocycles. The lowest BCUT2D eigenvalue weighted by molar-refractivity contribution is -0.0167. The molecule has 1 aromatic rings. The van der Waals surface area contributed by atoms with E-state index in [1.165, 1.54) is 44.1 Å². The fourth-order valence-electron chi connectivity index (χ4n) is 6.36. The average Bonchev–Trinajstić information content (AvgIpc) is 2.61. The molecular weight excluding hydrogens is 324 g/mol. The lowest BCUT2D eigenvalue weighted by Gasteiger charge is -2.56. The van der Waals surface area contributed by atoms with Crippen molar-refractivity contribution in [3.63, 3.8) is 0 Å². The van der Waals surface area contributed by atoms with E-state index in [4.69, 9.17) is 4.74 Å². The smallest absolute Gasteiger partial charge is 0.251 e. The van der Waals surface area contributed by atoms with E-state index >= 15 is 0 Å². The zero-order valence-electron chi connectivity index (χ0n) is 15.6. The van der Waals surface area contributed by atoms with Crippen molar-refractivity contribution < 1.29 is 9.53 Å². The highest BCUT2D eigenvalue weighted by Gasteiger charge is 2.51. The van der Waals surface area contributed by atoms with Crippen LogP contribution in [0.25, 0.3) is 0 Å². The number of nitrogens with one attached hydrogen (secondary N) is 1. The number of benzene rings is 1. The van der Waals surface area contributed by atoms with Crippen LogP contribution in [-0.2, 0) is 11.3 Å². The van der Waals surface area contributed by atoms with Crippen LogP contribution in [0.3, 0.4) is 0 Å². The van der Waals surface area contributed by atoms with Gasteiger partial charge in [0, 0.05) is 30.7 Å². The van der Waals surface area contributed by atoms with Gasteiger partial charge < -0.3 is 10.1 Å². The second-order valence-corrected chi connectivity index (χ2v) is 9.24. The van der Waals surface area contributed by atoms with Crippen LogP contribution < -0.4 is 5.32 Å². The topological polar surface area (TPSA) is 41.6 Å². The normalized spacial score (nSPS) is 36.2. The molecule has 4 nitrogen and oxygen atoms in total. The number of morpholine rings is 1. The van der Waals surface area contributed by atoms with E-state index in [1.807, 2.05) is 12.1 Å². The predicted octanol–water partition coefficient (Wildman–Crippen LogP) is 3.22. The van der Waals surface area contributed by atoms with Crippen molar-refractivity contribution in [3.8, 4) is 0 Å². The third-order valence-corrected chi connectivity index (χ3v) is 7.14. The van der Waals surface area contributed by atoms with Crippen molar-refractivity contribution in [1.29, 1.82) is 0 Å². The molecule has 1 aliphatic heterocycles. The molecule has 0 spiro atoms. The van der Waals surface area contributed by atoms with E-state index in [0.29, 0.717) is 0 Å². The predicted molar refractivity (Wildman–Crippen MR) is 101 cm³/mol. The fourth-order valence-corrected chi connectivity index (χ4v) is 6.36. The van der Waals surface area contributed by atoms with Gasteiger partial charge in [0.2, 0.25) is 0 Å². The van der Waals surface area contributed by atoms with Crippen LogP contribution in [0.5, 0.6) is 0 Å². The number of amides is 1. The number of rotatable bonds is 4. The number of nitrogens with zero attached hydrogens (tertiary/aromatic N) is 1. The zero-order chi connectivity index (χ0) is 17.6. The Labute approximate surface area is 156 Å². The molecule has 1 N–H and O–H groups in total. The summed E-state index contributed by atoms with van der Waals surface area (Å²) < 4.78 is 5.41. The van der Waals surface area contributed by atoms with Gasteiger partial charge in [-0.25, -0.2) is 0 Å². The molecule has 26 heavy (non-hydrogen) atoms. The molecule has 5 fully saturated rings. The maximum Gasteiger partial charge on any atom is 0.251 e. The summed E-state index contributed by atoms with van der Waals surface area (Å²) in [5.74, 6) is 2.71. The van der Waals surface area contributed by atoms with Gasteiger partial charge in [-0.05, 0) is 74.0 Å². The molecule has 5 aliphatic rings. The van der Waals surface area contributed by atoms with E-state index in [2.05, 4.69) is 22.3 Å². The Hall–Kier alpha value is -1.39. The molecule has 140 valence electrons. The Morgan fingerprint density at radius 3 is 2.15 bits per heavy atom. The number of carbonyl (C=O) groups excluding carboxylic acids is 1. The van der Waals surface area contributed by atoms with Gasteiger partial charge >= 0.3 is 0 Å². The van der Waals surface area contributed by atoms with Gasteiger partial charge in [-0.2, -0.15) is 0 Å². The highest BCUT2D eigenvalue weighted by atomic mass is 16.5. The lowest BCUT2D eigenvalue weighted by Crippen LogP contribution is -2.59. The van der Waals surface area contributed by atoms with Crippen LogP contribution in [0.4, 0.5) is 0 Å². The van der Waals surface area contributed by atoms with Crippen LogP contribution in [0.1, 0.15) is 54.4 Å². The van der Waals surface area contributed by atoms with Crippen molar-refractivity contribution in [2.45, 2.75) is 50.6 Å². The number of hydrogen-bond acceptors (Lipinski definition) is 3. The Bertz CT molecular complexity index is 628. The molecule has 4 bridgehead atoms. The van der Waals surface area contributed by atoms with Crippen LogP contribution >= 0.6 is 0 Å². The van der Waals surface area contributed by atoms with E-state index < -0.39 is 0 Å². The molecule has 4 saturated carbocycles. The quantitative estimate of drug-likeness (QED) is 0.903. The van der Waals surface area contributed by atoms with Crippen LogP contribution in [0, 0.1) is 17.8 Å². The summed E-state index contributed by atoms with van der Waals surface area (Å²) in [5.41, 5.74) is 2.18. The third-order valence-electron chi connectivity index (χ3n) is 7.14. The van der Waals surface area contributed by atoms with Crippen molar-refractivity contribution in [1.82, 2.24) is 10.2 Å². The maximum absolute atomic E-state index is 12.9. The minimum atomic E-state index is 0.0955. The van der Waals surface area contributed by atoms with Gasteiger partial charge in [-0.15, -0.1) is 0 Å². The minimum absolute atomic E-state index is 0.0955. The van der Waals surface area contributed by atoms with E-state index in [0.717, 1.165) is 56.2 Å². The first-order chi connectivity index (χ1) is 12.7. The van der Waals surface area contributed by atoms with Crippen molar-refractivity contribution >= 4 is 5.91 Å². The molecule has 1 aromatic carbocycles. The molecule has 1 saturated heterocycles. The van der Waals surface area contributed by atoms with Gasteiger partial charge in [0.1, 0.15) is 0 Å². The van der Waals surface area contributed by atoms with Gasteiger partial charge in [-0.3, -0.25) is 9.69 Å². The molecule has 6 rings (SSSR count). The first kappa shape index (κ1) is 16.8. The number of carbonyl (C=O) groups is 1. The standard InChI is InChI=1S/C22H30N2O2/c25-21(23-22-12-17-9-18(13-22)11-19(10-17)14-22)20-3-1-16(2-4-20)15-24-5-7-26-8-6-24/h1-4,17-19H,5-15H2,(H,23,25). The summed E-state index contributed by atoms with van der Waals surface area (Å²) in [7, 11) is 0. The second-order valence-electron chi connectivity index (χ2n) is 9.24. The Morgan fingerprint density at radius 2 is 1.58 bits per heavy atom. The van der Waals surface area contributed by atoms with Crippen molar-refractivity contribution in [2.24, 2.45) is 17.8 Å². The lowest BCUT2D eigenvalue weighted by atomic mass is 9.53. The van der Waals surface area contributed by atoms with Crippen molar-refractivity contribution in [2.75, 3.05) is 26.3 Å². The summed E-state index contributed by atoms with van der Waals surface area (Å²) in [6.07, 6.45) is 7.85. The van der Waals surface area contributed by atoms with Gasteiger partial charge in [-0.1, -0.05) is 12.1 Å². The monoisotopic (exact) mass is 354 g/mol. The van der Waals surface area contributed by atoms with Gasteiger partial charge in [0.25, 0.3) is 5.91 Å². The minimum Gasteiger partial charge on any atom is -0.379 e. The summed E-state index contributed by atoms with van der Waals surface area (Å²) in [6.45, 7) is 4.58. The highest BCUT2D eigenvalue weighted by molar-refractivity contribution is 5.94. The maximum atomic E-state index is 12.9. The van der Waals surface area contributed by atoms with Gasteiger partial charge in [0.05, 0.1) is 13.2 Å². The van der Waals surface area contributed by atoms with Crippen LogP contribution in [0.15, 0.2) is 24.3 Å². The fraction of sp³-hybridized carbons (Fsp3) is 0.682. The largest absolute Gasteiger partial charge is 0.379 e. The van der Waals surface area contributed by atoms with E-state index in [-0.39, 0.29) is 11.4 Å². The summed E-state index contributed by atoms with van der Waals surface area (Å²) in [6, 6.07) is 8.24. The summed E-state index contributed by atoms with van der Waals surface area (Å²) >= 11 is 0. The van der Waals surface area contributed by atoms with E-state index in [9.17, 15) is 4.79 Å². The van der Waals surface area contributed by atoms with Crippen molar-refractivity contribution in [3.05, 3.63) is 35.4 Å². The first-order valence-corrected chi connectivity index (χ1v) is 10.4. The molecular formula is C22H30N2O2. The van der Waals surface area contributed by atoms with Crippen LogP contribution in [-0.4, -0.2) is 42.6 Å². The molecule has 0 atom stereocenters. The second kappa shape index (κ2) is 6.65. The Morgan fingerprint density at radius 1 is 1.00 bits per heavy atom.